The van der Waals surface area contributed by atoms with Gasteiger partial charge in [-0.25, -0.2) is 4.98 Å². The Morgan fingerprint density at radius 3 is 1.93 bits per heavy atom. The van der Waals surface area contributed by atoms with Crippen LogP contribution in [0.1, 0.15) is 0 Å². The average molecular weight is 274 g/mol. The van der Waals surface area contributed by atoms with Gasteiger partial charge in [0.2, 0.25) is 0 Å². The van der Waals surface area contributed by atoms with Crippen molar-refractivity contribution in [2.24, 2.45) is 5.73 Å². The third-order valence-corrected chi connectivity index (χ3v) is 0.406. The van der Waals surface area contributed by atoms with Crippen molar-refractivity contribution >= 4 is 15.2 Å². The van der Waals surface area contributed by atoms with E-state index in [2.05, 4.69) is 31.7 Å². The number of amides is 1. The first-order valence-corrected chi connectivity index (χ1v) is 4.64. The maximum atomic E-state index is 9.03. The second-order valence-corrected chi connectivity index (χ2v) is 2.83. The number of H-pyrrole nitrogens is 1. The first-order chi connectivity index (χ1) is 6.23. The summed E-state index contributed by atoms with van der Waals surface area (Å²) in [6.07, 6.45) is 5.08. The van der Waals surface area contributed by atoms with E-state index < -0.39 is 15.2 Å². The van der Waals surface area contributed by atoms with E-state index in [4.69, 9.17) is 22.3 Å². The molecule has 1 rings (SSSR count). The summed E-state index contributed by atoms with van der Waals surface area (Å²) in [7, 11) is -4.67. The molecule has 1 amide bonds. The number of primary amides is 1. The Labute approximate surface area is 88.3 Å². The SMILES string of the molecule is N[C](=O)[Cu].O=S(=O)(O)O.c1c[nH]cn1. The summed E-state index contributed by atoms with van der Waals surface area (Å²) in [5.74, 6) is 0. The second-order valence-electron chi connectivity index (χ2n) is 1.47. The van der Waals surface area contributed by atoms with Gasteiger partial charge < -0.3 is 4.98 Å². The number of carbonyl (C=O) groups is 1. The maximum absolute atomic E-state index is 9.03. The van der Waals surface area contributed by atoms with E-state index in [1.165, 1.54) is 0 Å². The third-order valence-electron chi connectivity index (χ3n) is 0.406. The van der Waals surface area contributed by atoms with Gasteiger partial charge in [0.15, 0.2) is 0 Å². The van der Waals surface area contributed by atoms with Gasteiger partial charge in [-0.1, -0.05) is 0 Å². The van der Waals surface area contributed by atoms with Crippen molar-refractivity contribution in [2.75, 3.05) is 0 Å². The van der Waals surface area contributed by atoms with Crippen molar-refractivity contribution in [1.82, 2.24) is 9.97 Å². The van der Waals surface area contributed by atoms with Gasteiger partial charge in [0.1, 0.15) is 0 Å². The summed E-state index contributed by atoms with van der Waals surface area (Å²) in [6, 6.07) is 0. The Morgan fingerprint density at radius 1 is 1.50 bits per heavy atom. The molecule has 1 aromatic heterocycles. The minimum atomic E-state index is -4.67. The number of aromatic nitrogens is 2. The molecule has 0 unspecified atom stereocenters. The number of hydrogen-bond donors (Lipinski definition) is 4. The summed E-state index contributed by atoms with van der Waals surface area (Å²) >= 11 is 3.88. The molecule has 0 atom stereocenters. The van der Waals surface area contributed by atoms with Crippen LogP contribution in [0.4, 0.5) is 4.79 Å². The van der Waals surface area contributed by atoms with Crippen LogP contribution >= 0.6 is 0 Å². The molecule has 0 bridgehead atoms. The molecule has 0 radical (unpaired) electrons. The van der Waals surface area contributed by atoms with E-state index in [1.54, 1.807) is 18.7 Å². The minimum Gasteiger partial charge on any atom is -0.351 e. The molecular formula is C4H8CuN3O5S. The van der Waals surface area contributed by atoms with Crippen molar-refractivity contribution in [3.8, 4) is 0 Å². The number of rotatable bonds is 0. The number of nitrogens with one attached hydrogen (secondary N) is 1. The standard InChI is InChI=1S/C3H4N2.CH2NO.Cu.H2O4S/c1-2-5-3-4-1;2-1-3;;1-5(2,3)4/h1-3H,(H,4,5);(H2,2,3);;(H2,1,2,3,4). The number of nitrogens with two attached hydrogens (primary N) is 1. The largest absolute Gasteiger partial charge is 0.394 e. The molecule has 0 aromatic carbocycles. The van der Waals surface area contributed by atoms with Gasteiger partial charge in [0, 0.05) is 12.4 Å². The van der Waals surface area contributed by atoms with E-state index in [-0.39, 0.29) is 0 Å². The fourth-order valence-corrected chi connectivity index (χ4v) is 0.215. The Bertz CT molecular complexity index is 294. The zero-order valence-electron chi connectivity index (χ0n) is 6.59. The smallest absolute Gasteiger partial charge is 0.351 e. The molecule has 10 heteroatoms. The number of imidazole rings is 1. The van der Waals surface area contributed by atoms with Crippen LogP contribution in [-0.2, 0) is 26.4 Å². The number of carbonyl (C=O) groups excluding carboxylic acids is 1. The normalized spacial score (nSPS) is 8.86. The van der Waals surface area contributed by atoms with Crippen LogP contribution < -0.4 is 5.73 Å². The van der Waals surface area contributed by atoms with Crippen LogP contribution in [0.25, 0.3) is 0 Å². The monoisotopic (exact) mass is 273 g/mol. The van der Waals surface area contributed by atoms with Crippen LogP contribution in [0.15, 0.2) is 18.7 Å². The number of nitrogens with zero attached hydrogens (tertiary/aromatic N) is 1. The van der Waals surface area contributed by atoms with Crippen LogP contribution in [0.2, 0.25) is 0 Å². The van der Waals surface area contributed by atoms with E-state index in [9.17, 15) is 0 Å². The van der Waals surface area contributed by atoms with Gasteiger partial charge in [0.25, 0.3) is 0 Å². The van der Waals surface area contributed by atoms with Crippen LogP contribution in [-0.4, -0.2) is 32.3 Å². The Morgan fingerprint density at radius 2 is 1.86 bits per heavy atom. The minimum absolute atomic E-state index is 0.771. The molecule has 0 fully saturated rings. The molecule has 0 spiro atoms. The van der Waals surface area contributed by atoms with Gasteiger partial charge >= 0.3 is 41.7 Å². The zero-order chi connectivity index (χ0) is 11.6. The maximum Gasteiger partial charge on any atom is 0.394 e. The summed E-state index contributed by atoms with van der Waals surface area (Å²) in [5, 5.41) is 0. The van der Waals surface area contributed by atoms with E-state index in [1.807, 2.05) is 0 Å². The molecule has 14 heavy (non-hydrogen) atoms. The number of aromatic amines is 1. The predicted octanol–water partition coefficient (Wildman–Crippen LogP) is -0.631. The van der Waals surface area contributed by atoms with E-state index >= 15 is 0 Å². The Balaban J connectivity index is 0. The van der Waals surface area contributed by atoms with Gasteiger partial charge in [-0.05, 0) is 0 Å². The molecule has 0 aliphatic heterocycles. The predicted molar refractivity (Wildman–Crippen MR) is 42.3 cm³/mol. The van der Waals surface area contributed by atoms with Crippen molar-refractivity contribution in [1.29, 1.82) is 0 Å². The number of hydrogen-bond acceptors (Lipinski definition) is 4. The topological polar surface area (TPSA) is 146 Å². The Hall–Kier alpha value is -0.931. The molecule has 5 N–H and O–H groups in total. The van der Waals surface area contributed by atoms with Gasteiger partial charge in [-0.2, -0.15) is 8.42 Å². The zero-order valence-corrected chi connectivity index (χ0v) is 8.34. The molecule has 1 heterocycles. The molecule has 0 aliphatic rings. The first-order valence-electron chi connectivity index (χ1n) is 2.77. The van der Waals surface area contributed by atoms with Crippen molar-refractivity contribution in [2.45, 2.75) is 0 Å². The molecule has 1 aromatic rings. The van der Waals surface area contributed by atoms with Gasteiger partial charge in [0.05, 0.1) is 6.33 Å². The first kappa shape index (κ1) is 15.5. The molecule has 8 nitrogen and oxygen atoms in total. The fourth-order valence-electron chi connectivity index (χ4n) is 0.215. The summed E-state index contributed by atoms with van der Waals surface area (Å²) in [6.45, 7) is 0. The fraction of sp³-hybridized carbons (Fsp3) is 0. The quantitative estimate of drug-likeness (QED) is 0.365. The summed E-state index contributed by atoms with van der Waals surface area (Å²) in [4.78, 5) is 14.7. The molecule has 86 valence electrons. The van der Waals surface area contributed by atoms with Crippen molar-refractivity contribution in [3.05, 3.63) is 18.7 Å². The van der Waals surface area contributed by atoms with Gasteiger partial charge in [-0.3, -0.25) is 9.11 Å². The Kier molecular flexibility index (Phi) is 9.61. The molecule has 0 aliphatic carbocycles. The van der Waals surface area contributed by atoms with E-state index in [0.29, 0.717) is 0 Å². The van der Waals surface area contributed by atoms with Crippen molar-refractivity contribution in [3.63, 3.8) is 0 Å². The van der Waals surface area contributed by atoms with Crippen LogP contribution in [0.5, 0.6) is 0 Å². The van der Waals surface area contributed by atoms with Crippen LogP contribution in [0, 0.1) is 0 Å². The molecule has 0 saturated heterocycles. The third kappa shape index (κ3) is 67.8. The summed E-state index contributed by atoms with van der Waals surface area (Å²) < 4.78 is 31.6. The van der Waals surface area contributed by atoms with Crippen molar-refractivity contribution < 1.29 is 38.3 Å². The summed E-state index contributed by atoms with van der Waals surface area (Å²) in [5.41, 5.74) is 4.28. The van der Waals surface area contributed by atoms with Crippen LogP contribution in [0.3, 0.4) is 0 Å². The average Bonchev–Trinajstić information content (AvgIpc) is 2.32. The van der Waals surface area contributed by atoms with Gasteiger partial charge in [-0.15, -0.1) is 0 Å². The molecular weight excluding hydrogens is 266 g/mol. The second kappa shape index (κ2) is 8.66. The van der Waals surface area contributed by atoms with E-state index in [0.717, 1.165) is 0 Å². The molecule has 0 saturated carbocycles.